The van der Waals surface area contributed by atoms with Gasteiger partial charge in [0.1, 0.15) is 0 Å². The van der Waals surface area contributed by atoms with Crippen LogP contribution in [0.4, 0.5) is 11.4 Å². The van der Waals surface area contributed by atoms with Crippen molar-refractivity contribution >= 4 is 34.9 Å². The van der Waals surface area contributed by atoms with Crippen LogP contribution in [0.1, 0.15) is 0 Å². The topological polar surface area (TPSA) is 52.0 Å². The highest BCUT2D eigenvalue weighted by molar-refractivity contribution is 8.02. The van der Waals surface area contributed by atoms with Crippen molar-refractivity contribution in [1.29, 1.82) is 0 Å². The van der Waals surface area contributed by atoms with Crippen LogP contribution in [-0.4, -0.2) is 17.8 Å². The number of anilines is 2. The summed E-state index contributed by atoms with van der Waals surface area (Å²) in [4.78, 5) is 1.20. The van der Waals surface area contributed by atoms with E-state index in [0.29, 0.717) is 11.4 Å². The first-order valence-corrected chi connectivity index (χ1v) is 6.38. The Morgan fingerprint density at radius 3 is 2.54 bits per heavy atom. The lowest BCUT2D eigenvalue weighted by Crippen LogP contribution is -1.94. The van der Waals surface area contributed by atoms with Gasteiger partial charge in [-0.25, -0.2) is 0 Å². The fourth-order valence-electron chi connectivity index (χ4n) is 0.885. The predicted octanol–water partition coefficient (Wildman–Crippen LogP) is 2.31. The van der Waals surface area contributed by atoms with Crippen molar-refractivity contribution in [3.05, 3.63) is 18.2 Å². The summed E-state index contributed by atoms with van der Waals surface area (Å²) in [5.74, 6) is 2.28. The zero-order valence-corrected chi connectivity index (χ0v) is 9.25. The lowest BCUT2D eigenvalue weighted by atomic mass is 10.3. The first-order valence-electron chi connectivity index (χ1n) is 4.01. The predicted molar refractivity (Wildman–Crippen MR) is 64.4 cm³/mol. The summed E-state index contributed by atoms with van der Waals surface area (Å²) in [5.41, 5.74) is 12.6. The van der Waals surface area contributed by atoms with Crippen molar-refractivity contribution in [3.63, 3.8) is 0 Å². The van der Waals surface area contributed by atoms with Gasteiger partial charge in [-0.3, -0.25) is 0 Å². The maximum absolute atomic E-state index is 5.68. The summed E-state index contributed by atoms with van der Waals surface area (Å²) in [5, 5.41) is 0. The molecule has 0 unspecified atom stereocenters. The van der Waals surface area contributed by atoms with Gasteiger partial charge in [0.2, 0.25) is 0 Å². The largest absolute Gasteiger partial charge is 0.397 e. The number of thioether (sulfide) groups is 2. The van der Waals surface area contributed by atoms with Crippen LogP contribution in [0.25, 0.3) is 0 Å². The molecule has 1 aromatic carbocycles. The van der Waals surface area contributed by atoms with Gasteiger partial charge in [-0.1, -0.05) is 0 Å². The molecule has 0 saturated carbocycles. The minimum Gasteiger partial charge on any atom is -0.397 e. The first-order chi connectivity index (χ1) is 6.24. The Labute approximate surface area is 87.5 Å². The second-order valence-electron chi connectivity index (χ2n) is 2.63. The molecule has 4 heteroatoms. The van der Waals surface area contributed by atoms with E-state index in [-0.39, 0.29) is 0 Å². The third-order valence-corrected chi connectivity index (χ3v) is 3.48. The van der Waals surface area contributed by atoms with Crippen LogP contribution in [0.15, 0.2) is 23.1 Å². The molecule has 0 fully saturated rings. The van der Waals surface area contributed by atoms with Crippen LogP contribution >= 0.6 is 23.5 Å². The van der Waals surface area contributed by atoms with Gasteiger partial charge in [-0.2, -0.15) is 11.8 Å². The van der Waals surface area contributed by atoms with E-state index in [9.17, 15) is 0 Å². The lowest BCUT2D eigenvalue weighted by molar-refractivity contribution is 1.44. The SMILES string of the molecule is CSCCSc1ccc(N)c(N)c1. The van der Waals surface area contributed by atoms with Gasteiger partial charge in [0, 0.05) is 16.4 Å². The van der Waals surface area contributed by atoms with Crippen molar-refractivity contribution < 1.29 is 0 Å². The molecule has 13 heavy (non-hydrogen) atoms. The third-order valence-electron chi connectivity index (χ3n) is 1.61. The number of hydrogen-bond acceptors (Lipinski definition) is 4. The lowest BCUT2D eigenvalue weighted by Gasteiger charge is -2.03. The zero-order valence-electron chi connectivity index (χ0n) is 7.62. The molecule has 0 aliphatic heterocycles. The summed E-state index contributed by atoms with van der Waals surface area (Å²) < 4.78 is 0. The Balaban J connectivity index is 2.53. The van der Waals surface area contributed by atoms with Crippen LogP contribution in [0.2, 0.25) is 0 Å². The molecule has 0 radical (unpaired) electrons. The average molecular weight is 214 g/mol. The monoisotopic (exact) mass is 214 g/mol. The van der Waals surface area contributed by atoms with Gasteiger partial charge in [0.05, 0.1) is 11.4 Å². The summed E-state index contributed by atoms with van der Waals surface area (Å²) in [6, 6.07) is 5.80. The molecule has 0 aromatic heterocycles. The van der Waals surface area contributed by atoms with E-state index in [0.717, 1.165) is 11.5 Å². The van der Waals surface area contributed by atoms with Crippen LogP contribution in [0, 0.1) is 0 Å². The van der Waals surface area contributed by atoms with E-state index in [4.69, 9.17) is 11.5 Å². The molecule has 0 aliphatic rings. The van der Waals surface area contributed by atoms with Gasteiger partial charge in [-0.15, -0.1) is 11.8 Å². The Kier molecular flexibility index (Phi) is 4.32. The highest BCUT2D eigenvalue weighted by atomic mass is 32.2. The van der Waals surface area contributed by atoms with Crippen LogP contribution in [-0.2, 0) is 0 Å². The summed E-state index contributed by atoms with van der Waals surface area (Å²) in [6.07, 6.45) is 2.11. The standard InChI is InChI=1S/C9H14N2S2/c1-12-4-5-13-7-2-3-8(10)9(11)6-7/h2-3,6H,4-5,10-11H2,1H3. The molecule has 1 aromatic rings. The van der Waals surface area contributed by atoms with Crippen molar-refractivity contribution in [1.82, 2.24) is 0 Å². The number of rotatable bonds is 4. The van der Waals surface area contributed by atoms with E-state index in [1.807, 2.05) is 41.7 Å². The molecule has 0 amide bonds. The molecular formula is C9H14N2S2. The average Bonchev–Trinajstić information content (AvgIpc) is 2.12. The fraction of sp³-hybridized carbons (Fsp3) is 0.333. The van der Waals surface area contributed by atoms with Crippen molar-refractivity contribution in [2.75, 3.05) is 29.2 Å². The van der Waals surface area contributed by atoms with Gasteiger partial charge in [0.15, 0.2) is 0 Å². The normalized spacial score (nSPS) is 10.2. The number of hydrogen-bond donors (Lipinski definition) is 2. The molecule has 0 heterocycles. The van der Waals surface area contributed by atoms with E-state index in [2.05, 4.69) is 6.26 Å². The van der Waals surface area contributed by atoms with E-state index in [1.165, 1.54) is 4.90 Å². The Hall–Kier alpha value is -0.480. The van der Waals surface area contributed by atoms with Gasteiger partial charge < -0.3 is 11.5 Å². The molecule has 72 valence electrons. The minimum atomic E-state index is 0.661. The number of nitrogens with two attached hydrogens (primary N) is 2. The van der Waals surface area contributed by atoms with E-state index in [1.54, 1.807) is 0 Å². The molecule has 4 N–H and O–H groups in total. The molecular weight excluding hydrogens is 200 g/mol. The molecule has 0 atom stereocenters. The van der Waals surface area contributed by atoms with Gasteiger partial charge in [0.25, 0.3) is 0 Å². The first kappa shape index (κ1) is 10.6. The molecule has 0 aliphatic carbocycles. The molecule has 0 bridgehead atoms. The van der Waals surface area contributed by atoms with Gasteiger partial charge in [-0.05, 0) is 24.5 Å². The second-order valence-corrected chi connectivity index (χ2v) is 4.79. The Bertz CT molecular complexity index is 276. The highest BCUT2D eigenvalue weighted by Crippen LogP contribution is 2.24. The van der Waals surface area contributed by atoms with Crippen LogP contribution in [0.5, 0.6) is 0 Å². The summed E-state index contributed by atoms with van der Waals surface area (Å²) in [6.45, 7) is 0. The van der Waals surface area contributed by atoms with Crippen molar-refractivity contribution in [3.8, 4) is 0 Å². The fourth-order valence-corrected chi connectivity index (χ4v) is 2.50. The summed E-state index contributed by atoms with van der Waals surface area (Å²) >= 11 is 3.66. The number of nitrogen functional groups attached to an aromatic ring is 2. The maximum atomic E-state index is 5.68. The van der Waals surface area contributed by atoms with Crippen molar-refractivity contribution in [2.45, 2.75) is 4.90 Å². The van der Waals surface area contributed by atoms with E-state index >= 15 is 0 Å². The zero-order chi connectivity index (χ0) is 9.68. The van der Waals surface area contributed by atoms with Gasteiger partial charge >= 0.3 is 0 Å². The highest BCUT2D eigenvalue weighted by Gasteiger charge is 1.97. The molecule has 0 spiro atoms. The second kappa shape index (κ2) is 5.29. The molecule has 1 rings (SSSR count). The molecule has 2 nitrogen and oxygen atoms in total. The summed E-state index contributed by atoms with van der Waals surface area (Å²) in [7, 11) is 0. The van der Waals surface area contributed by atoms with E-state index < -0.39 is 0 Å². The van der Waals surface area contributed by atoms with Crippen molar-refractivity contribution in [2.24, 2.45) is 0 Å². The maximum Gasteiger partial charge on any atom is 0.0559 e. The quantitative estimate of drug-likeness (QED) is 0.459. The Morgan fingerprint density at radius 1 is 1.15 bits per heavy atom. The number of benzene rings is 1. The van der Waals surface area contributed by atoms with Crippen LogP contribution < -0.4 is 11.5 Å². The Morgan fingerprint density at radius 2 is 1.92 bits per heavy atom. The molecule has 0 saturated heterocycles. The minimum absolute atomic E-state index is 0.661. The third kappa shape index (κ3) is 3.40. The van der Waals surface area contributed by atoms with Crippen LogP contribution in [0.3, 0.4) is 0 Å². The smallest absolute Gasteiger partial charge is 0.0559 e.